The highest BCUT2D eigenvalue weighted by molar-refractivity contribution is 7.85. The molecule has 29 heavy (non-hydrogen) atoms. The van der Waals surface area contributed by atoms with Crippen molar-refractivity contribution in [1.82, 2.24) is 9.88 Å². The Bertz CT molecular complexity index is 1030. The zero-order valence-electron chi connectivity index (χ0n) is 17.1. The van der Waals surface area contributed by atoms with Crippen LogP contribution in [0.5, 0.6) is 0 Å². The molecule has 1 aromatic carbocycles. The summed E-state index contributed by atoms with van der Waals surface area (Å²) in [7, 11) is -1.24. The van der Waals surface area contributed by atoms with E-state index in [0.717, 1.165) is 21.7 Å². The molecule has 2 aliphatic rings. The number of nitrogens with one attached hydrogen (secondary N) is 1. The van der Waals surface area contributed by atoms with Gasteiger partial charge in [0.25, 0.3) is 5.91 Å². The van der Waals surface area contributed by atoms with Crippen molar-refractivity contribution >= 4 is 39.1 Å². The minimum Gasteiger partial charge on any atom is -0.331 e. The van der Waals surface area contributed by atoms with Crippen LogP contribution >= 0.6 is 11.3 Å². The molecule has 154 valence electrons. The Labute approximate surface area is 177 Å². The third kappa shape index (κ3) is 3.75. The van der Waals surface area contributed by atoms with E-state index >= 15 is 0 Å². The molecule has 0 spiro atoms. The third-order valence-corrected chi connectivity index (χ3v) is 8.10. The third-order valence-electron chi connectivity index (χ3n) is 5.64. The van der Waals surface area contributed by atoms with E-state index in [1.165, 1.54) is 31.1 Å². The van der Waals surface area contributed by atoms with Gasteiger partial charge in [-0.05, 0) is 55.9 Å². The van der Waals surface area contributed by atoms with Crippen molar-refractivity contribution in [1.29, 1.82) is 0 Å². The smallest absolute Gasteiger partial charge is 0.255 e. The maximum absolute atomic E-state index is 13.2. The van der Waals surface area contributed by atoms with Crippen LogP contribution in [0.2, 0.25) is 0 Å². The van der Waals surface area contributed by atoms with Crippen LogP contribution in [0.15, 0.2) is 17.0 Å². The summed E-state index contributed by atoms with van der Waals surface area (Å²) in [5, 5.41) is 3.28. The summed E-state index contributed by atoms with van der Waals surface area (Å²) >= 11 is 1.40. The lowest BCUT2D eigenvalue weighted by atomic mass is 10.0. The molecule has 1 fully saturated rings. The van der Waals surface area contributed by atoms with Crippen molar-refractivity contribution in [3.05, 3.63) is 29.0 Å². The van der Waals surface area contributed by atoms with Gasteiger partial charge in [0, 0.05) is 25.3 Å². The largest absolute Gasteiger partial charge is 0.331 e. The number of amides is 2. The maximum Gasteiger partial charge on any atom is 0.255 e. The molecular weight excluding hydrogens is 406 g/mol. The molecule has 1 aliphatic carbocycles. The summed E-state index contributed by atoms with van der Waals surface area (Å²) in [4.78, 5) is 32.5. The predicted molar refractivity (Wildman–Crippen MR) is 116 cm³/mol. The lowest BCUT2D eigenvalue weighted by molar-refractivity contribution is -0.114. The Morgan fingerprint density at radius 2 is 2.14 bits per heavy atom. The minimum atomic E-state index is -1.24. The van der Waals surface area contributed by atoms with E-state index in [-0.39, 0.29) is 17.9 Å². The number of nitrogens with zero attached hydrogens (tertiary/aromatic N) is 2. The van der Waals surface area contributed by atoms with Gasteiger partial charge in [-0.25, -0.2) is 4.98 Å². The summed E-state index contributed by atoms with van der Waals surface area (Å²) < 4.78 is 12.8. The molecule has 2 heterocycles. The number of anilines is 1. The average Bonchev–Trinajstić information content (AvgIpc) is 3.39. The lowest BCUT2D eigenvalue weighted by Crippen LogP contribution is -2.34. The van der Waals surface area contributed by atoms with Crippen molar-refractivity contribution in [3.8, 4) is 10.4 Å². The van der Waals surface area contributed by atoms with E-state index in [0.29, 0.717) is 33.8 Å². The summed E-state index contributed by atoms with van der Waals surface area (Å²) in [6, 6.07) is 4.11. The molecule has 6 nitrogen and oxygen atoms in total. The Hall–Kier alpha value is -2.06. The van der Waals surface area contributed by atoms with Gasteiger partial charge in [0.05, 0.1) is 31.8 Å². The molecule has 2 unspecified atom stereocenters. The summed E-state index contributed by atoms with van der Waals surface area (Å²) in [5.74, 6) is 0.877. The Balaban J connectivity index is 1.78. The second-order valence-corrected chi connectivity index (χ2v) is 10.5. The molecule has 8 heteroatoms. The number of aryl methyl sites for hydroxylation is 1. The highest BCUT2D eigenvalue weighted by atomic mass is 32.2. The van der Waals surface area contributed by atoms with Gasteiger partial charge < -0.3 is 10.2 Å². The zero-order chi connectivity index (χ0) is 20.9. The first kappa shape index (κ1) is 20.2. The van der Waals surface area contributed by atoms with Crippen LogP contribution in [-0.2, 0) is 22.1 Å². The van der Waals surface area contributed by atoms with E-state index < -0.39 is 10.8 Å². The second kappa shape index (κ2) is 7.65. The lowest BCUT2D eigenvalue weighted by Gasteiger charge is -2.24. The molecular formula is C21H25N3O3S2. The van der Waals surface area contributed by atoms with Gasteiger partial charge in [-0.1, -0.05) is 18.3 Å². The highest BCUT2D eigenvalue weighted by Gasteiger charge is 2.40. The Kier molecular flexibility index (Phi) is 5.33. The number of hydrogen-bond donors (Lipinski definition) is 1. The molecule has 2 atom stereocenters. The standard InChI is InChI=1S/C21H25N3O3S2/c1-5-29(27)17-9-15(19-11(2)22-21(28-19)23-13(4)25)8-16-10-24(20(26)18(16)17)12(3)14-6-7-14/h8-9,12,14H,5-7,10H2,1-4H3,(H,22,23,25). The SMILES string of the molecule is CCS(=O)c1cc(-c2sc(NC(C)=O)nc2C)cc2c1C(=O)N(C(C)C1CC1)C2. The molecule has 1 N–H and O–H groups in total. The van der Waals surface area contributed by atoms with Crippen LogP contribution in [-0.4, -0.2) is 37.7 Å². The van der Waals surface area contributed by atoms with Crippen molar-refractivity contribution in [2.45, 2.75) is 58.0 Å². The van der Waals surface area contributed by atoms with E-state index in [1.807, 2.05) is 30.9 Å². The monoisotopic (exact) mass is 431 g/mol. The van der Waals surface area contributed by atoms with Crippen LogP contribution in [0.3, 0.4) is 0 Å². The first-order valence-corrected chi connectivity index (χ1v) is 12.0. The molecule has 2 aromatic rings. The maximum atomic E-state index is 13.2. The van der Waals surface area contributed by atoms with Crippen molar-refractivity contribution < 1.29 is 13.8 Å². The number of benzene rings is 1. The number of aromatic nitrogens is 1. The van der Waals surface area contributed by atoms with Gasteiger partial charge >= 0.3 is 0 Å². The van der Waals surface area contributed by atoms with Crippen molar-refractivity contribution in [2.24, 2.45) is 5.92 Å². The van der Waals surface area contributed by atoms with Crippen LogP contribution < -0.4 is 5.32 Å². The number of thiazole rings is 1. The number of rotatable bonds is 6. The molecule has 1 aliphatic heterocycles. The quantitative estimate of drug-likeness (QED) is 0.751. The fourth-order valence-corrected chi connectivity index (χ4v) is 5.95. The molecule has 1 saturated carbocycles. The summed E-state index contributed by atoms with van der Waals surface area (Å²) in [5.41, 5.74) is 3.26. The molecule has 4 rings (SSSR count). The average molecular weight is 432 g/mol. The Morgan fingerprint density at radius 3 is 2.76 bits per heavy atom. The van der Waals surface area contributed by atoms with Crippen LogP contribution in [0.4, 0.5) is 5.13 Å². The topological polar surface area (TPSA) is 79.4 Å². The molecule has 0 bridgehead atoms. The Morgan fingerprint density at radius 1 is 1.41 bits per heavy atom. The van der Waals surface area contributed by atoms with Gasteiger partial charge in [-0.15, -0.1) is 0 Å². The van der Waals surface area contributed by atoms with Crippen molar-refractivity contribution in [2.75, 3.05) is 11.1 Å². The van der Waals surface area contributed by atoms with Gasteiger partial charge in [-0.3, -0.25) is 13.8 Å². The minimum absolute atomic E-state index is 0.00251. The van der Waals surface area contributed by atoms with Gasteiger partial charge in [0.1, 0.15) is 0 Å². The van der Waals surface area contributed by atoms with Crippen LogP contribution in [0.1, 0.15) is 55.2 Å². The molecule has 1 aromatic heterocycles. The number of carbonyl (C=O) groups excluding carboxylic acids is 2. The molecule has 2 amide bonds. The van der Waals surface area contributed by atoms with E-state index in [2.05, 4.69) is 17.2 Å². The first-order valence-electron chi connectivity index (χ1n) is 9.91. The summed E-state index contributed by atoms with van der Waals surface area (Å²) in [6.07, 6.45) is 2.35. The highest BCUT2D eigenvalue weighted by Crippen LogP contribution is 2.42. The van der Waals surface area contributed by atoms with Gasteiger partial charge in [-0.2, -0.15) is 0 Å². The second-order valence-electron chi connectivity index (χ2n) is 7.77. The molecule has 0 radical (unpaired) electrons. The van der Waals surface area contributed by atoms with E-state index in [9.17, 15) is 13.8 Å². The fraction of sp³-hybridized carbons (Fsp3) is 0.476. The predicted octanol–water partition coefficient (Wildman–Crippen LogP) is 3.96. The van der Waals surface area contributed by atoms with Crippen LogP contribution in [0, 0.1) is 12.8 Å². The zero-order valence-corrected chi connectivity index (χ0v) is 18.7. The number of carbonyl (C=O) groups is 2. The first-order chi connectivity index (χ1) is 13.8. The van der Waals surface area contributed by atoms with Gasteiger partial charge in [0.15, 0.2) is 5.13 Å². The van der Waals surface area contributed by atoms with Crippen LogP contribution in [0.25, 0.3) is 10.4 Å². The number of hydrogen-bond acceptors (Lipinski definition) is 5. The van der Waals surface area contributed by atoms with Gasteiger partial charge in [0.2, 0.25) is 5.91 Å². The van der Waals surface area contributed by atoms with E-state index in [4.69, 9.17) is 0 Å². The number of fused-ring (bicyclic) bond motifs is 1. The summed E-state index contributed by atoms with van der Waals surface area (Å²) in [6.45, 7) is 7.89. The fourth-order valence-electron chi connectivity index (χ4n) is 3.94. The molecule has 0 saturated heterocycles. The normalized spacial score (nSPS) is 17.9. The van der Waals surface area contributed by atoms with Crippen molar-refractivity contribution in [3.63, 3.8) is 0 Å². The van der Waals surface area contributed by atoms with E-state index in [1.54, 1.807) is 0 Å².